The summed E-state index contributed by atoms with van der Waals surface area (Å²) in [7, 11) is 0. The van der Waals surface area contributed by atoms with Gasteiger partial charge in [-0.05, 0) is 37.0 Å². The quantitative estimate of drug-likeness (QED) is 0.880. The van der Waals surface area contributed by atoms with Gasteiger partial charge in [-0.1, -0.05) is 25.3 Å². The van der Waals surface area contributed by atoms with Gasteiger partial charge >= 0.3 is 0 Å². The van der Waals surface area contributed by atoms with E-state index in [0.29, 0.717) is 11.0 Å². The zero-order chi connectivity index (χ0) is 18.1. The molecule has 6 heteroatoms. The van der Waals surface area contributed by atoms with Gasteiger partial charge in [0, 0.05) is 36.0 Å². The van der Waals surface area contributed by atoms with Gasteiger partial charge in [-0.3, -0.25) is 9.59 Å². The molecule has 1 saturated carbocycles. The van der Waals surface area contributed by atoms with E-state index in [-0.39, 0.29) is 11.8 Å². The van der Waals surface area contributed by atoms with Crippen LogP contribution in [0.1, 0.15) is 44.6 Å². The predicted octanol–water partition coefficient (Wildman–Crippen LogP) is 4.24. The lowest BCUT2D eigenvalue weighted by molar-refractivity contribution is -0.123. The first-order valence-electron chi connectivity index (χ1n) is 9.29. The summed E-state index contributed by atoms with van der Waals surface area (Å²) in [6.45, 7) is 2.26. The van der Waals surface area contributed by atoms with Crippen molar-refractivity contribution in [3.8, 4) is 11.3 Å². The average molecular weight is 369 g/mol. The molecule has 0 saturated heterocycles. The van der Waals surface area contributed by atoms with E-state index in [1.54, 1.807) is 0 Å². The topological polar surface area (TPSA) is 62.3 Å². The third-order valence-electron chi connectivity index (χ3n) is 5.28. The molecule has 136 valence electrons. The van der Waals surface area contributed by atoms with Gasteiger partial charge in [-0.15, -0.1) is 11.3 Å². The summed E-state index contributed by atoms with van der Waals surface area (Å²) < 4.78 is 0. The van der Waals surface area contributed by atoms with E-state index in [9.17, 15) is 9.59 Å². The smallest absolute Gasteiger partial charge is 0.230 e. The molecule has 1 aromatic heterocycles. The van der Waals surface area contributed by atoms with E-state index in [4.69, 9.17) is 0 Å². The van der Waals surface area contributed by atoms with Crippen molar-refractivity contribution in [2.24, 2.45) is 5.92 Å². The first kappa shape index (κ1) is 17.2. The number of carbonyl (C=O) groups excluding carboxylic acids is 2. The molecule has 1 fully saturated rings. The highest BCUT2D eigenvalue weighted by atomic mass is 32.1. The van der Waals surface area contributed by atoms with Gasteiger partial charge in [-0.2, -0.15) is 0 Å². The number of rotatable bonds is 3. The molecule has 0 unspecified atom stereocenters. The molecule has 1 aliphatic carbocycles. The van der Waals surface area contributed by atoms with Crippen molar-refractivity contribution in [2.75, 3.05) is 16.8 Å². The predicted molar refractivity (Wildman–Crippen MR) is 104 cm³/mol. The third-order valence-corrected chi connectivity index (χ3v) is 6.04. The molecule has 2 aromatic rings. The van der Waals surface area contributed by atoms with Gasteiger partial charge in [0.2, 0.25) is 11.8 Å². The number of amides is 2. The highest BCUT2D eigenvalue weighted by molar-refractivity contribution is 7.14. The number of carbonyl (C=O) groups is 2. The number of anilines is 2. The van der Waals surface area contributed by atoms with Crippen LogP contribution in [0.5, 0.6) is 0 Å². The normalized spacial score (nSPS) is 17.2. The van der Waals surface area contributed by atoms with Crippen LogP contribution in [0, 0.1) is 5.92 Å². The largest absolute Gasteiger partial charge is 0.312 e. The molecular formula is C20H23N3O2S. The van der Waals surface area contributed by atoms with Gasteiger partial charge in [0.15, 0.2) is 5.13 Å². The lowest BCUT2D eigenvalue weighted by Gasteiger charge is -2.26. The summed E-state index contributed by atoms with van der Waals surface area (Å²) >= 11 is 1.42. The minimum Gasteiger partial charge on any atom is -0.312 e. The number of hydrogen-bond donors (Lipinski definition) is 1. The van der Waals surface area contributed by atoms with Crippen molar-refractivity contribution in [1.29, 1.82) is 0 Å². The van der Waals surface area contributed by atoms with E-state index in [0.717, 1.165) is 42.8 Å². The molecule has 26 heavy (non-hydrogen) atoms. The molecule has 5 nitrogen and oxygen atoms in total. The molecule has 0 radical (unpaired) electrons. The molecule has 4 rings (SSSR count). The summed E-state index contributed by atoms with van der Waals surface area (Å²) in [5.41, 5.74) is 4.16. The molecule has 2 heterocycles. The van der Waals surface area contributed by atoms with Crippen LogP contribution in [0.2, 0.25) is 0 Å². The molecule has 2 aliphatic rings. The first-order chi connectivity index (χ1) is 12.6. The summed E-state index contributed by atoms with van der Waals surface area (Å²) in [4.78, 5) is 30.5. The first-order valence-corrected chi connectivity index (χ1v) is 10.2. The van der Waals surface area contributed by atoms with Crippen LogP contribution in [0.3, 0.4) is 0 Å². The zero-order valence-corrected chi connectivity index (χ0v) is 15.8. The molecule has 0 spiro atoms. The van der Waals surface area contributed by atoms with E-state index in [1.807, 2.05) is 16.3 Å². The monoisotopic (exact) mass is 369 g/mol. The summed E-state index contributed by atoms with van der Waals surface area (Å²) in [6, 6.07) is 6.21. The van der Waals surface area contributed by atoms with Crippen LogP contribution in [0.25, 0.3) is 11.3 Å². The fourth-order valence-corrected chi connectivity index (χ4v) is 4.74. The Morgan fingerprint density at radius 2 is 2.04 bits per heavy atom. The van der Waals surface area contributed by atoms with Crippen LogP contribution in [-0.2, 0) is 16.0 Å². The number of aromatic nitrogens is 1. The van der Waals surface area contributed by atoms with E-state index < -0.39 is 0 Å². The fraction of sp³-hybridized carbons (Fsp3) is 0.450. The van der Waals surface area contributed by atoms with Crippen LogP contribution in [-0.4, -0.2) is 23.3 Å². The number of hydrogen-bond acceptors (Lipinski definition) is 4. The van der Waals surface area contributed by atoms with Gasteiger partial charge in [0.25, 0.3) is 0 Å². The van der Waals surface area contributed by atoms with Gasteiger partial charge in [0.05, 0.1) is 5.69 Å². The molecule has 1 aliphatic heterocycles. The average Bonchev–Trinajstić information content (AvgIpc) is 3.27. The van der Waals surface area contributed by atoms with Crippen molar-refractivity contribution in [3.05, 3.63) is 29.1 Å². The highest BCUT2D eigenvalue weighted by Crippen LogP contribution is 2.36. The summed E-state index contributed by atoms with van der Waals surface area (Å²) in [5.74, 6) is 0.391. The van der Waals surface area contributed by atoms with Crippen LogP contribution in [0.4, 0.5) is 10.8 Å². The second-order valence-electron chi connectivity index (χ2n) is 7.14. The van der Waals surface area contributed by atoms with E-state index >= 15 is 0 Å². The Labute approximate surface area is 157 Å². The van der Waals surface area contributed by atoms with E-state index in [2.05, 4.69) is 22.4 Å². The van der Waals surface area contributed by atoms with Crippen LogP contribution < -0.4 is 10.2 Å². The second kappa shape index (κ2) is 7.19. The van der Waals surface area contributed by atoms with Crippen molar-refractivity contribution >= 4 is 34.0 Å². The van der Waals surface area contributed by atoms with Gasteiger partial charge in [0.1, 0.15) is 0 Å². The van der Waals surface area contributed by atoms with Gasteiger partial charge in [-0.25, -0.2) is 4.98 Å². The molecule has 2 amide bonds. The maximum absolute atomic E-state index is 12.9. The lowest BCUT2D eigenvalue weighted by atomic mass is 9.88. The Kier molecular flexibility index (Phi) is 4.76. The molecule has 1 aromatic carbocycles. The van der Waals surface area contributed by atoms with Gasteiger partial charge < -0.3 is 10.2 Å². The Balaban J connectivity index is 1.53. The van der Waals surface area contributed by atoms with Crippen molar-refractivity contribution in [2.45, 2.75) is 45.4 Å². The minimum atomic E-state index is -0.114. The Hall–Kier alpha value is -2.21. The molecule has 0 bridgehead atoms. The van der Waals surface area contributed by atoms with E-state index in [1.165, 1.54) is 43.1 Å². The third kappa shape index (κ3) is 3.38. The minimum absolute atomic E-state index is 0.114. The number of nitrogens with one attached hydrogen (secondary N) is 1. The fourth-order valence-electron chi connectivity index (χ4n) is 3.97. The number of fused-ring (bicyclic) bond motifs is 1. The highest BCUT2D eigenvalue weighted by Gasteiger charge is 2.31. The lowest BCUT2D eigenvalue weighted by Crippen LogP contribution is -2.35. The maximum atomic E-state index is 12.9. The number of nitrogens with zero attached hydrogens (tertiary/aromatic N) is 2. The number of thiazole rings is 1. The van der Waals surface area contributed by atoms with Crippen LogP contribution in [0.15, 0.2) is 23.6 Å². The molecule has 0 atom stereocenters. The summed E-state index contributed by atoms with van der Waals surface area (Å²) in [6.07, 6.45) is 6.58. The SMILES string of the molecule is CC(=O)Nc1nc(-c2ccc3c(c2)CCN3C(=O)C2CCCCC2)cs1. The standard InChI is InChI=1S/C20H23N3O2S/c1-13(24)21-20-22-17(12-26-20)15-7-8-18-16(11-15)9-10-23(18)19(25)14-5-3-2-4-6-14/h7-8,11-12,14H,2-6,9-10H2,1H3,(H,21,22,24). The zero-order valence-electron chi connectivity index (χ0n) is 15.0. The van der Waals surface area contributed by atoms with Crippen LogP contribution >= 0.6 is 11.3 Å². The Morgan fingerprint density at radius 3 is 2.81 bits per heavy atom. The Bertz CT molecular complexity index is 839. The second-order valence-corrected chi connectivity index (χ2v) is 8.00. The molecule has 1 N–H and O–H groups in total. The maximum Gasteiger partial charge on any atom is 0.230 e. The number of benzene rings is 1. The van der Waals surface area contributed by atoms with Crippen molar-refractivity contribution < 1.29 is 9.59 Å². The van der Waals surface area contributed by atoms with Crippen molar-refractivity contribution in [1.82, 2.24) is 4.98 Å². The summed E-state index contributed by atoms with van der Waals surface area (Å²) in [5, 5.41) is 5.29. The Morgan fingerprint density at radius 1 is 1.23 bits per heavy atom. The van der Waals surface area contributed by atoms with Crippen molar-refractivity contribution in [3.63, 3.8) is 0 Å². The molecular weight excluding hydrogens is 346 g/mol.